The lowest BCUT2D eigenvalue weighted by atomic mass is 9.99. The van der Waals surface area contributed by atoms with Crippen molar-refractivity contribution in [3.05, 3.63) is 30.3 Å². The summed E-state index contributed by atoms with van der Waals surface area (Å²) in [5.41, 5.74) is 0. The molecule has 7 nitrogen and oxygen atoms in total. The SMILES string of the molecule is CC1CCN(C(=O)[C@@H](C)OC(=O)CCNS(=O)(=O)c2ccccc2)CC1. The zero-order valence-electron chi connectivity index (χ0n) is 15.2. The minimum absolute atomic E-state index is 0.0851. The number of esters is 1. The van der Waals surface area contributed by atoms with Crippen molar-refractivity contribution >= 4 is 21.9 Å². The van der Waals surface area contributed by atoms with E-state index in [0.717, 1.165) is 12.8 Å². The number of carbonyl (C=O) groups is 2. The zero-order valence-corrected chi connectivity index (χ0v) is 16.0. The van der Waals surface area contributed by atoms with Gasteiger partial charge in [-0.1, -0.05) is 25.1 Å². The Balaban J connectivity index is 1.75. The number of benzene rings is 1. The van der Waals surface area contributed by atoms with E-state index in [1.807, 2.05) is 0 Å². The molecule has 1 amide bonds. The topological polar surface area (TPSA) is 92.8 Å². The Kier molecular flexibility index (Phi) is 7.16. The Labute approximate surface area is 154 Å². The van der Waals surface area contributed by atoms with Crippen molar-refractivity contribution in [1.29, 1.82) is 0 Å². The number of hydrogen-bond donors (Lipinski definition) is 1. The first kappa shape index (κ1) is 20.4. The van der Waals surface area contributed by atoms with Crippen molar-refractivity contribution < 1.29 is 22.7 Å². The molecule has 2 rings (SSSR count). The first-order chi connectivity index (χ1) is 12.3. The second-order valence-corrected chi connectivity index (χ2v) is 8.37. The van der Waals surface area contributed by atoms with Gasteiger partial charge in [0.25, 0.3) is 5.91 Å². The number of carbonyl (C=O) groups excluding carboxylic acids is 2. The average molecular weight is 382 g/mol. The number of ether oxygens (including phenoxy) is 1. The lowest BCUT2D eigenvalue weighted by Crippen LogP contribution is -2.44. The van der Waals surface area contributed by atoms with Gasteiger partial charge >= 0.3 is 5.97 Å². The molecule has 0 bridgehead atoms. The number of amides is 1. The first-order valence-electron chi connectivity index (χ1n) is 8.82. The zero-order chi connectivity index (χ0) is 19.2. The van der Waals surface area contributed by atoms with E-state index in [9.17, 15) is 18.0 Å². The minimum atomic E-state index is -3.66. The van der Waals surface area contributed by atoms with E-state index in [2.05, 4.69) is 11.6 Å². The molecule has 0 unspecified atom stereocenters. The Morgan fingerprint density at radius 2 is 1.85 bits per heavy atom. The summed E-state index contributed by atoms with van der Waals surface area (Å²) >= 11 is 0. The fraction of sp³-hybridized carbons (Fsp3) is 0.556. The molecule has 1 heterocycles. The van der Waals surface area contributed by atoms with Crippen LogP contribution in [0.3, 0.4) is 0 Å². The van der Waals surface area contributed by atoms with Gasteiger partial charge in [-0.3, -0.25) is 9.59 Å². The van der Waals surface area contributed by atoms with Gasteiger partial charge in [-0.05, 0) is 37.8 Å². The molecule has 1 N–H and O–H groups in total. The van der Waals surface area contributed by atoms with E-state index in [-0.39, 0.29) is 23.8 Å². The smallest absolute Gasteiger partial charge is 0.307 e. The first-order valence-corrected chi connectivity index (χ1v) is 10.3. The third-order valence-electron chi connectivity index (χ3n) is 4.43. The lowest BCUT2D eigenvalue weighted by Gasteiger charge is -2.31. The van der Waals surface area contributed by atoms with Gasteiger partial charge < -0.3 is 9.64 Å². The van der Waals surface area contributed by atoms with Crippen LogP contribution < -0.4 is 4.72 Å². The molecule has 1 atom stereocenters. The number of rotatable bonds is 7. The quantitative estimate of drug-likeness (QED) is 0.722. The van der Waals surface area contributed by atoms with Gasteiger partial charge in [0.15, 0.2) is 6.10 Å². The average Bonchev–Trinajstić information content (AvgIpc) is 2.62. The maximum Gasteiger partial charge on any atom is 0.307 e. The molecule has 1 aliphatic heterocycles. The number of piperidine rings is 1. The minimum Gasteiger partial charge on any atom is -0.452 e. The summed E-state index contributed by atoms with van der Waals surface area (Å²) in [6.07, 6.45) is 0.906. The summed E-state index contributed by atoms with van der Waals surface area (Å²) < 4.78 is 31.6. The number of hydrogen-bond acceptors (Lipinski definition) is 5. The molecule has 1 aliphatic rings. The standard InChI is InChI=1S/C18H26N2O5S/c1-14-9-12-20(13-10-14)18(22)15(2)25-17(21)8-11-19-26(23,24)16-6-4-3-5-7-16/h3-7,14-15,19H,8-13H2,1-2H3/t15-/m1/s1. The highest BCUT2D eigenvalue weighted by Gasteiger charge is 2.26. The Bertz CT molecular complexity index is 712. The molecular formula is C18H26N2O5S. The van der Waals surface area contributed by atoms with Gasteiger partial charge in [0.1, 0.15) is 0 Å². The monoisotopic (exact) mass is 382 g/mol. The van der Waals surface area contributed by atoms with Crippen molar-refractivity contribution in [2.45, 2.75) is 44.1 Å². The fourth-order valence-corrected chi connectivity index (χ4v) is 3.82. The fourth-order valence-electron chi connectivity index (χ4n) is 2.76. The molecule has 0 aliphatic carbocycles. The van der Waals surface area contributed by atoms with E-state index in [1.54, 1.807) is 30.0 Å². The third kappa shape index (κ3) is 5.81. The summed E-state index contributed by atoms with van der Waals surface area (Å²) in [5, 5.41) is 0. The normalized spacial score (nSPS) is 16.9. The van der Waals surface area contributed by atoms with Crippen molar-refractivity contribution in [2.75, 3.05) is 19.6 Å². The van der Waals surface area contributed by atoms with E-state index < -0.39 is 22.1 Å². The Morgan fingerprint density at radius 3 is 2.46 bits per heavy atom. The largest absolute Gasteiger partial charge is 0.452 e. The van der Waals surface area contributed by atoms with E-state index in [1.165, 1.54) is 12.1 Å². The predicted molar refractivity (Wildman–Crippen MR) is 96.8 cm³/mol. The van der Waals surface area contributed by atoms with Crippen LogP contribution in [-0.4, -0.2) is 50.9 Å². The molecular weight excluding hydrogens is 356 g/mol. The molecule has 144 valence electrons. The molecule has 1 saturated heterocycles. The summed E-state index contributed by atoms with van der Waals surface area (Å²) in [6.45, 7) is 4.98. The van der Waals surface area contributed by atoms with Gasteiger partial charge in [0.2, 0.25) is 10.0 Å². The van der Waals surface area contributed by atoms with Crippen LogP contribution in [0.25, 0.3) is 0 Å². The second-order valence-electron chi connectivity index (χ2n) is 6.60. The van der Waals surface area contributed by atoms with Crippen LogP contribution in [-0.2, 0) is 24.3 Å². The van der Waals surface area contributed by atoms with Crippen LogP contribution in [0.2, 0.25) is 0 Å². The van der Waals surface area contributed by atoms with Gasteiger partial charge in [0.05, 0.1) is 11.3 Å². The number of nitrogens with one attached hydrogen (secondary N) is 1. The molecule has 0 aromatic heterocycles. The highest BCUT2D eigenvalue weighted by Crippen LogP contribution is 2.17. The Hall–Kier alpha value is -1.93. The molecule has 26 heavy (non-hydrogen) atoms. The molecule has 0 saturated carbocycles. The molecule has 8 heteroatoms. The molecule has 0 spiro atoms. The van der Waals surface area contributed by atoms with Gasteiger partial charge in [-0.15, -0.1) is 0 Å². The predicted octanol–water partition coefficient (Wildman–Crippen LogP) is 1.55. The Morgan fingerprint density at radius 1 is 1.23 bits per heavy atom. The van der Waals surface area contributed by atoms with Crippen LogP contribution in [0.1, 0.15) is 33.1 Å². The highest BCUT2D eigenvalue weighted by molar-refractivity contribution is 7.89. The van der Waals surface area contributed by atoms with E-state index in [4.69, 9.17) is 4.74 Å². The summed E-state index contributed by atoms with van der Waals surface area (Å²) in [4.78, 5) is 26.0. The van der Waals surface area contributed by atoms with E-state index >= 15 is 0 Å². The second kappa shape index (κ2) is 9.14. The van der Waals surface area contributed by atoms with Crippen LogP contribution >= 0.6 is 0 Å². The van der Waals surface area contributed by atoms with Crippen molar-refractivity contribution in [2.24, 2.45) is 5.92 Å². The molecule has 1 aromatic rings. The van der Waals surface area contributed by atoms with Gasteiger partial charge in [0, 0.05) is 19.6 Å². The number of sulfonamides is 1. The van der Waals surface area contributed by atoms with Crippen molar-refractivity contribution in [1.82, 2.24) is 9.62 Å². The van der Waals surface area contributed by atoms with Crippen LogP contribution in [0.5, 0.6) is 0 Å². The van der Waals surface area contributed by atoms with Crippen LogP contribution in [0.4, 0.5) is 0 Å². The van der Waals surface area contributed by atoms with Crippen LogP contribution in [0.15, 0.2) is 35.2 Å². The third-order valence-corrected chi connectivity index (χ3v) is 5.90. The number of nitrogens with zero attached hydrogens (tertiary/aromatic N) is 1. The molecule has 1 fully saturated rings. The summed E-state index contributed by atoms with van der Waals surface area (Å²) in [6, 6.07) is 7.91. The van der Waals surface area contributed by atoms with Crippen molar-refractivity contribution in [3.63, 3.8) is 0 Å². The number of likely N-dealkylation sites (tertiary alicyclic amines) is 1. The van der Waals surface area contributed by atoms with Gasteiger partial charge in [-0.25, -0.2) is 13.1 Å². The maximum atomic E-state index is 12.3. The highest BCUT2D eigenvalue weighted by atomic mass is 32.2. The van der Waals surface area contributed by atoms with Gasteiger partial charge in [-0.2, -0.15) is 0 Å². The summed E-state index contributed by atoms with van der Waals surface area (Å²) in [7, 11) is -3.66. The summed E-state index contributed by atoms with van der Waals surface area (Å²) in [5.74, 6) is -0.198. The van der Waals surface area contributed by atoms with Crippen molar-refractivity contribution in [3.8, 4) is 0 Å². The molecule has 0 radical (unpaired) electrons. The van der Waals surface area contributed by atoms with E-state index in [0.29, 0.717) is 19.0 Å². The maximum absolute atomic E-state index is 12.3. The lowest BCUT2D eigenvalue weighted by molar-refractivity contribution is -0.159. The van der Waals surface area contributed by atoms with Crippen LogP contribution in [0, 0.1) is 5.92 Å². The molecule has 1 aromatic carbocycles.